The van der Waals surface area contributed by atoms with Gasteiger partial charge in [0, 0.05) is 11.8 Å². The Labute approximate surface area is 67.6 Å². The van der Waals surface area contributed by atoms with Crippen LogP contribution in [0.4, 0.5) is 8.78 Å². The topological polar surface area (TPSA) is 26.3 Å². The summed E-state index contributed by atoms with van der Waals surface area (Å²) in [7, 11) is 1.23. The lowest BCUT2D eigenvalue weighted by Crippen LogP contribution is -1.94. The lowest BCUT2D eigenvalue weighted by atomic mass is 10.5. The smallest absolute Gasteiger partial charge is 0.330 e. The highest BCUT2D eigenvalue weighted by Gasteiger charge is 1.99. The van der Waals surface area contributed by atoms with Gasteiger partial charge in [-0.25, -0.2) is 4.79 Å². The van der Waals surface area contributed by atoms with Crippen LogP contribution in [0.15, 0.2) is 12.2 Å². The highest BCUT2D eigenvalue weighted by Crippen LogP contribution is 2.12. The quantitative estimate of drug-likeness (QED) is 0.488. The summed E-state index contributed by atoms with van der Waals surface area (Å²) < 4.78 is 27.1. The SMILES string of the molecule is COC(=O)/C=C/CSC(F)F. The fraction of sp³-hybridized carbons (Fsp3) is 0.500. The van der Waals surface area contributed by atoms with Crippen molar-refractivity contribution in [1.29, 1.82) is 0 Å². The highest BCUT2D eigenvalue weighted by atomic mass is 32.2. The lowest BCUT2D eigenvalue weighted by molar-refractivity contribution is -0.134. The number of methoxy groups -OCH3 is 1. The maximum atomic E-state index is 11.5. The Hall–Kier alpha value is -0.580. The van der Waals surface area contributed by atoms with E-state index < -0.39 is 11.7 Å². The van der Waals surface area contributed by atoms with Crippen molar-refractivity contribution in [3.8, 4) is 0 Å². The van der Waals surface area contributed by atoms with E-state index in [2.05, 4.69) is 4.74 Å². The van der Waals surface area contributed by atoms with E-state index in [1.807, 2.05) is 0 Å². The van der Waals surface area contributed by atoms with Gasteiger partial charge in [0.15, 0.2) is 0 Å². The van der Waals surface area contributed by atoms with Gasteiger partial charge in [0.25, 0.3) is 5.76 Å². The van der Waals surface area contributed by atoms with E-state index >= 15 is 0 Å². The van der Waals surface area contributed by atoms with E-state index in [1.165, 1.54) is 13.2 Å². The van der Waals surface area contributed by atoms with Crippen LogP contribution in [0.1, 0.15) is 0 Å². The number of ether oxygens (including phenoxy) is 1. The van der Waals surface area contributed by atoms with Crippen LogP contribution >= 0.6 is 11.8 Å². The summed E-state index contributed by atoms with van der Waals surface area (Å²) in [5.74, 6) is -2.80. The van der Waals surface area contributed by atoms with Crippen molar-refractivity contribution in [3.05, 3.63) is 12.2 Å². The fourth-order valence-electron chi connectivity index (χ4n) is 0.341. The Bertz CT molecular complexity index is 148. The van der Waals surface area contributed by atoms with Crippen LogP contribution in [0.2, 0.25) is 0 Å². The predicted molar refractivity (Wildman–Crippen MR) is 39.6 cm³/mol. The zero-order chi connectivity index (χ0) is 8.69. The number of thioether (sulfide) groups is 1. The molecule has 0 saturated heterocycles. The Balaban J connectivity index is 3.37. The van der Waals surface area contributed by atoms with E-state index in [4.69, 9.17) is 0 Å². The molecule has 0 spiro atoms. The second-order valence-electron chi connectivity index (χ2n) is 1.52. The molecule has 0 radical (unpaired) electrons. The zero-order valence-corrected chi connectivity index (χ0v) is 6.74. The standard InChI is InChI=1S/C6H8F2O2S/c1-10-5(9)3-2-4-11-6(7)8/h2-3,6H,4H2,1H3/b3-2+. The Morgan fingerprint density at radius 1 is 1.73 bits per heavy atom. The number of hydrogen-bond acceptors (Lipinski definition) is 3. The van der Waals surface area contributed by atoms with Crippen LogP contribution in [-0.4, -0.2) is 24.6 Å². The summed E-state index contributed by atoms with van der Waals surface area (Å²) >= 11 is 0.456. The highest BCUT2D eigenvalue weighted by molar-refractivity contribution is 7.99. The number of carbonyl (C=O) groups excluding carboxylic acids is 1. The molecule has 0 unspecified atom stereocenters. The van der Waals surface area contributed by atoms with E-state index in [1.54, 1.807) is 0 Å². The first kappa shape index (κ1) is 10.4. The third kappa shape index (κ3) is 7.32. The molecular formula is C6H8F2O2S. The van der Waals surface area contributed by atoms with Gasteiger partial charge in [-0.15, -0.1) is 0 Å². The van der Waals surface area contributed by atoms with Gasteiger partial charge in [0.2, 0.25) is 0 Å². The molecule has 5 heteroatoms. The molecule has 0 aliphatic carbocycles. The Kier molecular flexibility index (Phi) is 5.83. The molecular weight excluding hydrogens is 174 g/mol. The van der Waals surface area contributed by atoms with Crippen molar-refractivity contribution in [2.75, 3.05) is 12.9 Å². The summed E-state index contributed by atoms with van der Waals surface area (Å²) in [5.41, 5.74) is 0. The van der Waals surface area contributed by atoms with Gasteiger partial charge in [-0.05, 0) is 0 Å². The molecule has 0 N–H and O–H groups in total. The van der Waals surface area contributed by atoms with Crippen LogP contribution in [0, 0.1) is 0 Å². The van der Waals surface area contributed by atoms with Gasteiger partial charge in [0.1, 0.15) is 0 Å². The molecule has 0 fully saturated rings. The minimum atomic E-state index is -2.39. The van der Waals surface area contributed by atoms with Gasteiger partial charge in [-0.3, -0.25) is 0 Å². The van der Waals surface area contributed by atoms with Crippen molar-refractivity contribution in [2.45, 2.75) is 5.76 Å². The normalized spacial score (nSPS) is 10.9. The van der Waals surface area contributed by atoms with Gasteiger partial charge in [-0.1, -0.05) is 17.8 Å². The molecule has 0 atom stereocenters. The monoisotopic (exact) mass is 182 g/mol. The molecule has 0 heterocycles. The summed E-state index contributed by atoms with van der Waals surface area (Å²) in [4.78, 5) is 10.4. The van der Waals surface area contributed by atoms with Crippen LogP contribution in [-0.2, 0) is 9.53 Å². The minimum Gasteiger partial charge on any atom is -0.466 e. The predicted octanol–water partition coefficient (Wildman–Crippen LogP) is 1.67. The molecule has 11 heavy (non-hydrogen) atoms. The molecule has 0 saturated carbocycles. The number of alkyl halides is 2. The summed E-state index contributed by atoms with van der Waals surface area (Å²) in [6.45, 7) is 0. The molecule has 0 aromatic rings. The van der Waals surface area contributed by atoms with Crippen molar-refractivity contribution in [3.63, 3.8) is 0 Å². The summed E-state index contributed by atoms with van der Waals surface area (Å²) in [6, 6.07) is 0. The van der Waals surface area contributed by atoms with Crippen molar-refractivity contribution in [1.82, 2.24) is 0 Å². The van der Waals surface area contributed by atoms with E-state index in [0.29, 0.717) is 11.8 Å². The molecule has 0 amide bonds. The van der Waals surface area contributed by atoms with E-state index in [9.17, 15) is 13.6 Å². The number of carbonyl (C=O) groups is 1. The first-order valence-electron chi connectivity index (χ1n) is 2.81. The minimum absolute atomic E-state index is 0.118. The van der Waals surface area contributed by atoms with Gasteiger partial charge < -0.3 is 4.74 Å². The molecule has 0 aliphatic rings. The van der Waals surface area contributed by atoms with Crippen molar-refractivity contribution < 1.29 is 18.3 Å². The molecule has 0 aliphatic heterocycles. The molecule has 0 rings (SSSR count). The second-order valence-corrected chi connectivity index (χ2v) is 2.54. The molecule has 0 aromatic heterocycles. The molecule has 2 nitrogen and oxygen atoms in total. The first-order valence-corrected chi connectivity index (χ1v) is 3.86. The molecule has 0 bridgehead atoms. The summed E-state index contributed by atoms with van der Waals surface area (Å²) in [6.07, 6.45) is 2.46. The number of esters is 1. The molecule has 64 valence electrons. The number of halogens is 2. The largest absolute Gasteiger partial charge is 0.466 e. The zero-order valence-electron chi connectivity index (χ0n) is 5.92. The molecule has 0 aromatic carbocycles. The van der Waals surface area contributed by atoms with Crippen molar-refractivity contribution >= 4 is 17.7 Å². The third-order valence-electron chi connectivity index (χ3n) is 0.774. The third-order valence-corrected chi connectivity index (χ3v) is 1.41. The van der Waals surface area contributed by atoms with Gasteiger partial charge >= 0.3 is 5.97 Å². The maximum absolute atomic E-state index is 11.5. The van der Waals surface area contributed by atoms with Crippen LogP contribution < -0.4 is 0 Å². The van der Waals surface area contributed by atoms with Gasteiger partial charge in [-0.2, -0.15) is 8.78 Å². The van der Waals surface area contributed by atoms with Crippen LogP contribution in [0.5, 0.6) is 0 Å². The van der Waals surface area contributed by atoms with Crippen LogP contribution in [0.25, 0.3) is 0 Å². The number of hydrogen-bond donors (Lipinski definition) is 0. The fourth-order valence-corrected chi connectivity index (χ4v) is 0.693. The number of rotatable bonds is 4. The first-order chi connectivity index (χ1) is 5.16. The Morgan fingerprint density at radius 2 is 2.36 bits per heavy atom. The van der Waals surface area contributed by atoms with Crippen LogP contribution in [0.3, 0.4) is 0 Å². The van der Waals surface area contributed by atoms with E-state index in [0.717, 1.165) is 6.08 Å². The maximum Gasteiger partial charge on any atom is 0.330 e. The second kappa shape index (κ2) is 6.15. The average Bonchev–Trinajstić information content (AvgIpc) is 1.97. The van der Waals surface area contributed by atoms with Crippen molar-refractivity contribution in [2.24, 2.45) is 0 Å². The van der Waals surface area contributed by atoms with Gasteiger partial charge in [0.05, 0.1) is 7.11 Å². The van der Waals surface area contributed by atoms with E-state index in [-0.39, 0.29) is 5.75 Å². The lowest BCUT2D eigenvalue weighted by Gasteiger charge is -1.92. The Morgan fingerprint density at radius 3 is 2.82 bits per heavy atom. The summed E-state index contributed by atoms with van der Waals surface area (Å²) in [5, 5.41) is 0. The average molecular weight is 182 g/mol.